The number of hydrogen-bond donors (Lipinski definition) is 1. The predicted octanol–water partition coefficient (Wildman–Crippen LogP) is 4.47. The standard InChI is InChI=1S/C32H41N3O7S/c1-21(2)33-32(37)24(5)34(19-25-9-11-27(40-6)12-10-25)31(36)20-35(26-16-22(3)15-23(4)17-26)43(38,39)28-13-14-29(41-7)30(18-28)42-8/h9-18,21,24H,19-20H2,1-8H3,(H,33,37)/t24-/m1/s1. The number of nitrogens with one attached hydrogen (secondary N) is 1. The summed E-state index contributed by atoms with van der Waals surface area (Å²) in [4.78, 5) is 28.5. The first-order chi connectivity index (χ1) is 20.3. The molecule has 1 atom stereocenters. The summed E-state index contributed by atoms with van der Waals surface area (Å²) in [6, 6.07) is 15.7. The molecule has 11 heteroatoms. The average molecular weight is 612 g/mol. The molecule has 3 aromatic rings. The first-order valence-corrected chi connectivity index (χ1v) is 15.3. The van der Waals surface area contributed by atoms with Crippen molar-refractivity contribution in [1.29, 1.82) is 0 Å². The molecule has 232 valence electrons. The lowest BCUT2D eigenvalue weighted by molar-refractivity contribution is -0.139. The summed E-state index contributed by atoms with van der Waals surface area (Å²) in [5, 5.41) is 2.85. The predicted molar refractivity (Wildman–Crippen MR) is 166 cm³/mol. The van der Waals surface area contributed by atoms with Crippen LogP contribution in [-0.2, 0) is 26.2 Å². The van der Waals surface area contributed by atoms with E-state index in [-0.39, 0.29) is 29.1 Å². The quantitative estimate of drug-likeness (QED) is 0.303. The molecule has 10 nitrogen and oxygen atoms in total. The second kappa shape index (κ2) is 14.3. The number of ether oxygens (including phenoxy) is 3. The van der Waals surface area contributed by atoms with E-state index in [4.69, 9.17) is 14.2 Å². The maximum atomic E-state index is 14.2. The van der Waals surface area contributed by atoms with Gasteiger partial charge in [-0.25, -0.2) is 8.42 Å². The lowest BCUT2D eigenvalue weighted by Crippen LogP contribution is -2.52. The van der Waals surface area contributed by atoms with Crippen molar-refractivity contribution in [3.05, 3.63) is 77.4 Å². The van der Waals surface area contributed by atoms with Gasteiger partial charge in [-0.15, -0.1) is 0 Å². The van der Waals surface area contributed by atoms with Gasteiger partial charge >= 0.3 is 0 Å². The summed E-state index contributed by atoms with van der Waals surface area (Å²) >= 11 is 0. The van der Waals surface area contributed by atoms with E-state index in [1.54, 1.807) is 50.4 Å². The molecule has 0 aromatic heterocycles. The second-order valence-corrected chi connectivity index (χ2v) is 12.4. The summed E-state index contributed by atoms with van der Waals surface area (Å²) in [7, 11) is 0.147. The number of nitrogens with zero attached hydrogens (tertiary/aromatic N) is 2. The Morgan fingerprint density at radius 2 is 1.42 bits per heavy atom. The number of carbonyl (C=O) groups excluding carboxylic acids is 2. The number of amides is 2. The van der Waals surface area contributed by atoms with Gasteiger partial charge in [-0.1, -0.05) is 18.2 Å². The van der Waals surface area contributed by atoms with E-state index in [9.17, 15) is 18.0 Å². The van der Waals surface area contributed by atoms with Crippen LogP contribution in [0.5, 0.6) is 17.2 Å². The Morgan fingerprint density at radius 1 is 0.814 bits per heavy atom. The number of anilines is 1. The fraction of sp³-hybridized carbons (Fsp3) is 0.375. The van der Waals surface area contributed by atoms with Crippen molar-refractivity contribution in [1.82, 2.24) is 10.2 Å². The summed E-state index contributed by atoms with van der Waals surface area (Å²) in [5.74, 6) is 0.346. The van der Waals surface area contributed by atoms with Crippen molar-refractivity contribution in [3.8, 4) is 17.2 Å². The zero-order chi connectivity index (χ0) is 31.9. The van der Waals surface area contributed by atoms with E-state index in [0.29, 0.717) is 17.2 Å². The third kappa shape index (κ3) is 8.19. The van der Waals surface area contributed by atoms with Crippen LogP contribution in [0.2, 0.25) is 0 Å². The average Bonchev–Trinajstić information content (AvgIpc) is 2.97. The molecule has 0 saturated heterocycles. The molecular formula is C32H41N3O7S. The minimum atomic E-state index is -4.29. The smallest absolute Gasteiger partial charge is 0.264 e. The number of carbonyl (C=O) groups is 2. The molecule has 3 aromatic carbocycles. The van der Waals surface area contributed by atoms with Gasteiger partial charge in [0.15, 0.2) is 11.5 Å². The summed E-state index contributed by atoms with van der Waals surface area (Å²) in [5.41, 5.74) is 2.73. The fourth-order valence-corrected chi connectivity index (χ4v) is 6.06. The minimum Gasteiger partial charge on any atom is -0.497 e. The molecule has 0 spiro atoms. The molecular weight excluding hydrogens is 570 g/mol. The Bertz CT molecular complexity index is 1520. The third-order valence-corrected chi connectivity index (χ3v) is 8.60. The monoisotopic (exact) mass is 611 g/mol. The molecule has 0 radical (unpaired) electrons. The van der Waals surface area contributed by atoms with Crippen molar-refractivity contribution in [2.45, 2.75) is 58.1 Å². The van der Waals surface area contributed by atoms with Crippen LogP contribution in [0.15, 0.2) is 65.6 Å². The van der Waals surface area contributed by atoms with Crippen LogP contribution in [0.3, 0.4) is 0 Å². The number of rotatable bonds is 13. The number of hydrogen-bond acceptors (Lipinski definition) is 7. The zero-order valence-electron chi connectivity index (χ0n) is 26.0. The molecule has 0 bridgehead atoms. The molecule has 0 unspecified atom stereocenters. The Kier molecular flexibility index (Phi) is 11.0. The normalized spacial score (nSPS) is 11.9. The maximum absolute atomic E-state index is 14.2. The van der Waals surface area contributed by atoms with Crippen LogP contribution in [0.25, 0.3) is 0 Å². The van der Waals surface area contributed by atoms with Crippen LogP contribution in [0.1, 0.15) is 37.5 Å². The molecule has 0 aliphatic rings. The molecule has 3 rings (SSSR count). The van der Waals surface area contributed by atoms with Gasteiger partial charge in [0.2, 0.25) is 11.8 Å². The van der Waals surface area contributed by atoms with E-state index < -0.39 is 28.5 Å². The minimum absolute atomic E-state index is 0.0760. The van der Waals surface area contributed by atoms with Gasteiger partial charge in [0.1, 0.15) is 18.3 Å². The molecule has 0 heterocycles. The Morgan fingerprint density at radius 3 is 1.95 bits per heavy atom. The van der Waals surface area contributed by atoms with Crippen LogP contribution in [0, 0.1) is 13.8 Å². The van der Waals surface area contributed by atoms with Crippen LogP contribution < -0.4 is 23.8 Å². The van der Waals surface area contributed by atoms with Crippen LogP contribution in [-0.4, -0.2) is 65.1 Å². The topological polar surface area (TPSA) is 114 Å². The van der Waals surface area contributed by atoms with Crippen molar-refractivity contribution in [2.24, 2.45) is 0 Å². The highest BCUT2D eigenvalue weighted by molar-refractivity contribution is 7.92. The van der Waals surface area contributed by atoms with E-state index >= 15 is 0 Å². The van der Waals surface area contributed by atoms with E-state index in [1.165, 1.54) is 37.3 Å². The Balaban J connectivity index is 2.10. The number of benzene rings is 3. The van der Waals surface area contributed by atoms with E-state index in [2.05, 4.69) is 5.32 Å². The lowest BCUT2D eigenvalue weighted by atomic mass is 10.1. The third-order valence-electron chi connectivity index (χ3n) is 6.83. The number of aryl methyl sites for hydroxylation is 2. The maximum Gasteiger partial charge on any atom is 0.264 e. The first-order valence-electron chi connectivity index (χ1n) is 13.9. The Hall–Kier alpha value is -4.25. The lowest BCUT2D eigenvalue weighted by Gasteiger charge is -2.32. The molecule has 0 fully saturated rings. The molecule has 43 heavy (non-hydrogen) atoms. The highest BCUT2D eigenvalue weighted by atomic mass is 32.2. The van der Waals surface area contributed by atoms with Crippen molar-refractivity contribution in [3.63, 3.8) is 0 Å². The van der Waals surface area contributed by atoms with Crippen molar-refractivity contribution < 1.29 is 32.2 Å². The number of methoxy groups -OCH3 is 3. The van der Waals surface area contributed by atoms with E-state index in [1.807, 2.05) is 33.8 Å². The van der Waals surface area contributed by atoms with Crippen molar-refractivity contribution in [2.75, 3.05) is 32.2 Å². The SMILES string of the molecule is COc1ccc(CN(C(=O)CN(c2cc(C)cc(C)c2)S(=O)(=O)c2ccc(OC)c(OC)c2)[C@H](C)C(=O)NC(C)C)cc1. The largest absolute Gasteiger partial charge is 0.497 e. The van der Waals surface area contributed by atoms with Gasteiger partial charge in [-0.05, 0) is 87.7 Å². The van der Waals surface area contributed by atoms with Gasteiger partial charge in [0, 0.05) is 18.7 Å². The second-order valence-electron chi connectivity index (χ2n) is 10.6. The van der Waals surface area contributed by atoms with E-state index in [0.717, 1.165) is 21.0 Å². The first kappa shape index (κ1) is 33.3. The van der Waals surface area contributed by atoms with Gasteiger partial charge < -0.3 is 24.4 Å². The molecule has 0 saturated carbocycles. The highest BCUT2D eigenvalue weighted by Crippen LogP contribution is 2.33. The van der Waals surface area contributed by atoms with Gasteiger partial charge in [0.05, 0.1) is 31.9 Å². The van der Waals surface area contributed by atoms with Crippen LogP contribution in [0.4, 0.5) is 5.69 Å². The highest BCUT2D eigenvalue weighted by Gasteiger charge is 2.33. The van der Waals surface area contributed by atoms with Gasteiger partial charge in [-0.2, -0.15) is 0 Å². The Labute approximate surface area is 254 Å². The summed E-state index contributed by atoms with van der Waals surface area (Å²) in [6.45, 7) is 8.53. The van der Waals surface area contributed by atoms with Crippen molar-refractivity contribution >= 4 is 27.5 Å². The van der Waals surface area contributed by atoms with Crippen LogP contribution >= 0.6 is 0 Å². The molecule has 0 aliphatic heterocycles. The van der Waals surface area contributed by atoms with Gasteiger partial charge in [0.25, 0.3) is 10.0 Å². The molecule has 1 N–H and O–H groups in total. The zero-order valence-corrected chi connectivity index (χ0v) is 26.8. The van der Waals surface area contributed by atoms with Gasteiger partial charge in [-0.3, -0.25) is 13.9 Å². The fourth-order valence-electron chi connectivity index (χ4n) is 4.64. The summed E-state index contributed by atoms with van der Waals surface area (Å²) in [6.07, 6.45) is 0. The summed E-state index contributed by atoms with van der Waals surface area (Å²) < 4.78 is 45.4. The molecule has 0 aliphatic carbocycles. The number of sulfonamides is 1. The molecule has 2 amide bonds.